The summed E-state index contributed by atoms with van der Waals surface area (Å²) >= 11 is 0. The molecule has 1 atom stereocenters. The predicted molar refractivity (Wildman–Crippen MR) is 88.9 cm³/mol. The third kappa shape index (κ3) is 6.58. The number of aliphatic imine (C=N–C) groups is 1. The molecule has 122 valence electrons. The monoisotopic (exact) mass is 306 g/mol. The molecule has 1 unspecified atom stereocenters. The Bertz CT molecular complexity index is 503. The van der Waals surface area contributed by atoms with Crippen LogP contribution in [0.25, 0.3) is 0 Å². The molecule has 0 aliphatic carbocycles. The molecule has 0 radical (unpaired) electrons. The summed E-state index contributed by atoms with van der Waals surface area (Å²) in [6.45, 7) is 5.64. The average molecular weight is 306 g/mol. The van der Waals surface area contributed by atoms with Crippen LogP contribution in [-0.4, -0.2) is 38.2 Å². The minimum atomic E-state index is -0.0625. The molecular weight excluding hydrogens is 280 g/mol. The van der Waals surface area contributed by atoms with Gasteiger partial charge in [0.05, 0.1) is 13.2 Å². The highest BCUT2D eigenvalue weighted by Gasteiger charge is 2.05. The van der Waals surface area contributed by atoms with Crippen LogP contribution in [0, 0.1) is 0 Å². The number of ether oxygens (including phenoxy) is 1. The number of amides is 1. The largest absolute Gasteiger partial charge is 0.383 e. The summed E-state index contributed by atoms with van der Waals surface area (Å²) in [4.78, 5) is 16.2. The average Bonchev–Trinajstić information content (AvgIpc) is 2.51. The fourth-order valence-corrected chi connectivity index (χ4v) is 1.92. The molecule has 0 bridgehead atoms. The second kappa shape index (κ2) is 9.78. The van der Waals surface area contributed by atoms with E-state index in [-0.39, 0.29) is 11.9 Å². The minimum Gasteiger partial charge on any atom is -0.383 e. The molecule has 0 fully saturated rings. The lowest BCUT2D eigenvalue weighted by Crippen LogP contribution is -2.40. The van der Waals surface area contributed by atoms with E-state index >= 15 is 0 Å². The van der Waals surface area contributed by atoms with Crippen molar-refractivity contribution in [3.05, 3.63) is 35.4 Å². The van der Waals surface area contributed by atoms with Crippen molar-refractivity contribution >= 4 is 11.9 Å². The quantitative estimate of drug-likeness (QED) is 0.498. The van der Waals surface area contributed by atoms with E-state index in [1.165, 1.54) is 0 Å². The van der Waals surface area contributed by atoms with E-state index in [0.29, 0.717) is 31.2 Å². The number of nitrogens with one attached hydrogen (secondary N) is 2. The van der Waals surface area contributed by atoms with E-state index in [1.807, 2.05) is 32.0 Å². The number of methoxy groups -OCH3 is 1. The number of nitrogens with zero attached hydrogens (tertiary/aromatic N) is 1. The molecule has 1 amide bonds. The van der Waals surface area contributed by atoms with Gasteiger partial charge in [-0.15, -0.1) is 0 Å². The number of carbonyl (C=O) groups is 1. The van der Waals surface area contributed by atoms with Crippen LogP contribution in [0.5, 0.6) is 0 Å². The van der Waals surface area contributed by atoms with E-state index in [1.54, 1.807) is 13.2 Å². The molecule has 0 aliphatic heterocycles. The van der Waals surface area contributed by atoms with Crippen molar-refractivity contribution in [2.45, 2.75) is 32.9 Å². The SMILES string of the molecule is CCCNC(=O)c1cccc(CN=C(N)NC(C)COC)c1. The van der Waals surface area contributed by atoms with Crippen LogP contribution < -0.4 is 16.4 Å². The Kier molecular flexibility index (Phi) is 7.99. The van der Waals surface area contributed by atoms with Crippen LogP contribution in [0.15, 0.2) is 29.3 Å². The number of nitrogens with two attached hydrogens (primary N) is 1. The van der Waals surface area contributed by atoms with E-state index < -0.39 is 0 Å². The third-order valence-corrected chi connectivity index (χ3v) is 2.97. The van der Waals surface area contributed by atoms with Crippen molar-refractivity contribution in [3.63, 3.8) is 0 Å². The van der Waals surface area contributed by atoms with Gasteiger partial charge in [0.15, 0.2) is 5.96 Å². The van der Waals surface area contributed by atoms with Crippen LogP contribution in [0.2, 0.25) is 0 Å². The molecule has 0 aromatic heterocycles. The highest BCUT2D eigenvalue weighted by molar-refractivity contribution is 5.94. The van der Waals surface area contributed by atoms with Crippen LogP contribution in [0.4, 0.5) is 0 Å². The van der Waals surface area contributed by atoms with Crippen LogP contribution in [0.1, 0.15) is 36.2 Å². The number of rotatable bonds is 8. The molecule has 6 nitrogen and oxygen atoms in total. The first-order valence-electron chi connectivity index (χ1n) is 7.49. The van der Waals surface area contributed by atoms with Gasteiger partial charge in [0.25, 0.3) is 5.91 Å². The number of benzene rings is 1. The zero-order valence-electron chi connectivity index (χ0n) is 13.6. The van der Waals surface area contributed by atoms with E-state index in [9.17, 15) is 4.79 Å². The minimum absolute atomic E-state index is 0.0625. The standard InChI is InChI=1S/C16H26N4O2/c1-4-8-18-15(21)14-7-5-6-13(9-14)10-19-16(17)20-12(2)11-22-3/h5-7,9,12H,4,8,10-11H2,1-3H3,(H,18,21)(H3,17,19,20). The van der Waals surface area contributed by atoms with E-state index in [4.69, 9.17) is 10.5 Å². The highest BCUT2D eigenvalue weighted by atomic mass is 16.5. The van der Waals surface area contributed by atoms with Crippen molar-refractivity contribution in [1.29, 1.82) is 0 Å². The zero-order valence-corrected chi connectivity index (χ0v) is 13.6. The Morgan fingerprint density at radius 1 is 1.45 bits per heavy atom. The Morgan fingerprint density at radius 3 is 2.91 bits per heavy atom. The first-order valence-corrected chi connectivity index (χ1v) is 7.49. The molecular formula is C16H26N4O2. The fourth-order valence-electron chi connectivity index (χ4n) is 1.92. The maximum absolute atomic E-state index is 11.9. The molecule has 1 rings (SSSR count). The maximum Gasteiger partial charge on any atom is 0.251 e. The molecule has 22 heavy (non-hydrogen) atoms. The van der Waals surface area contributed by atoms with Crippen molar-refractivity contribution in [2.75, 3.05) is 20.3 Å². The van der Waals surface area contributed by atoms with Crippen molar-refractivity contribution in [1.82, 2.24) is 10.6 Å². The summed E-state index contributed by atoms with van der Waals surface area (Å²) in [5.41, 5.74) is 7.40. The summed E-state index contributed by atoms with van der Waals surface area (Å²) in [6, 6.07) is 7.50. The molecule has 0 heterocycles. The Hall–Kier alpha value is -2.08. The second-order valence-corrected chi connectivity index (χ2v) is 5.16. The van der Waals surface area contributed by atoms with Gasteiger partial charge < -0.3 is 21.1 Å². The van der Waals surface area contributed by atoms with E-state index in [2.05, 4.69) is 15.6 Å². The summed E-state index contributed by atoms with van der Waals surface area (Å²) in [5, 5.41) is 5.89. The molecule has 4 N–H and O–H groups in total. The lowest BCUT2D eigenvalue weighted by molar-refractivity contribution is 0.0953. The van der Waals surface area contributed by atoms with Gasteiger partial charge in [0.1, 0.15) is 0 Å². The Morgan fingerprint density at radius 2 is 2.23 bits per heavy atom. The molecule has 0 saturated heterocycles. The van der Waals surface area contributed by atoms with Crippen molar-refractivity contribution in [3.8, 4) is 0 Å². The number of hydrogen-bond acceptors (Lipinski definition) is 3. The number of carbonyl (C=O) groups excluding carboxylic acids is 1. The first kappa shape index (κ1) is 18.0. The molecule has 0 spiro atoms. The number of guanidine groups is 1. The molecule has 0 aliphatic rings. The topological polar surface area (TPSA) is 88.7 Å². The molecule has 6 heteroatoms. The van der Waals surface area contributed by atoms with Crippen LogP contribution >= 0.6 is 0 Å². The summed E-state index contributed by atoms with van der Waals surface area (Å²) < 4.78 is 5.02. The second-order valence-electron chi connectivity index (χ2n) is 5.16. The molecule has 1 aromatic rings. The first-order chi connectivity index (χ1) is 10.6. The van der Waals surface area contributed by atoms with Gasteiger partial charge in [-0.05, 0) is 31.0 Å². The molecule has 0 saturated carbocycles. The lowest BCUT2D eigenvalue weighted by atomic mass is 10.1. The zero-order chi connectivity index (χ0) is 16.4. The summed E-state index contributed by atoms with van der Waals surface area (Å²) in [6.07, 6.45) is 0.914. The van der Waals surface area contributed by atoms with Gasteiger partial charge in [0, 0.05) is 25.3 Å². The summed E-state index contributed by atoms with van der Waals surface area (Å²) in [7, 11) is 1.64. The Labute approximate surface area is 132 Å². The van der Waals surface area contributed by atoms with Gasteiger partial charge in [-0.2, -0.15) is 0 Å². The highest BCUT2D eigenvalue weighted by Crippen LogP contribution is 2.06. The van der Waals surface area contributed by atoms with Crippen molar-refractivity contribution < 1.29 is 9.53 Å². The fraction of sp³-hybridized carbons (Fsp3) is 0.500. The van der Waals surface area contributed by atoms with Gasteiger partial charge in [-0.25, -0.2) is 4.99 Å². The van der Waals surface area contributed by atoms with Gasteiger partial charge in [-0.1, -0.05) is 19.1 Å². The Balaban J connectivity index is 2.60. The summed E-state index contributed by atoms with van der Waals surface area (Å²) in [5.74, 6) is 0.304. The predicted octanol–water partition coefficient (Wildman–Crippen LogP) is 1.27. The lowest BCUT2D eigenvalue weighted by Gasteiger charge is -2.13. The van der Waals surface area contributed by atoms with Gasteiger partial charge in [0.2, 0.25) is 0 Å². The van der Waals surface area contributed by atoms with Gasteiger partial charge in [-0.3, -0.25) is 4.79 Å². The smallest absolute Gasteiger partial charge is 0.251 e. The van der Waals surface area contributed by atoms with Crippen LogP contribution in [-0.2, 0) is 11.3 Å². The normalized spacial score (nSPS) is 12.8. The molecule has 1 aromatic carbocycles. The van der Waals surface area contributed by atoms with Gasteiger partial charge >= 0.3 is 0 Å². The van der Waals surface area contributed by atoms with E-state index in [0.717, 1.165) is 12.0 Å². The van der Waals surface area contributed by atoms with Crippen LogP contribution in [0.3, 0.4) is 0 Å². The number of hydrogen-bond donors (Lipinski definition) is 3. The third-order valence-electron chi connectivity index (χ3n) is 2.97. The van der Waals surface area contributed by atoms with Crippen molar-refractivity contribution in [2.24, 2.45) is 10.7 Å². The maximum atomic E-state index is 11.9.